The largest absolute Gasteiger partial charge is 0.347 e. The highest BCUT2D eigenvalue weighted by molar-refractivity contribution is 7.12. The van der Waals surface area contributed by atoms with Crippen LogP contribution in [0.5, 0.6) is 0 Å². The molecule has 0 spiro atoms. The van der Waals surface area contributed by atoms with Crippen molar-refractivity contribution in [2.45, 2.75) is 32.7 Å². The van der Waals surface area contributed by atoms with Gasteiger partial charge < -0.3 is 5.32 Å². The van der Waals surface area contributed by atoms with Crippen molar-refractivity contribution < 1.29 is 4.79 Å². The Morgan fingerprint density at radius 2 is 2.25 bits per heavy atom. The molecule has 104 valence electrons. The lowest BCUT2D eigenvalue weighted by atomic mass is 10.2. The smallest absolute Gasteiger partial charge is 0.251 e. The fraction of sp³-hybridized carbons (Fsp3) is 0.333. The van der Waals surface area contributed by atoms with Gasteiger partial charge in [-0.15, -0.1) is 11.3 Å². The fourth-order valence-corrected chi connectivity index (χ4v) is 3.96. The summed E-state index contributed by atoms with van der Waals surface area (Å²) in [5, 5.41) is 3.30. The summed E-state index contributed by atoms with van der Waals surface area (Å²) in [5.41, 5.74) is 2.77. The van der Waals surface area contributed by atoms with E-state index in [-0.39, 0.29) is 5.91 Å². The van der Waals surface area contributed by atoms with Gasteiger partial charge in [-0.25, -0.2) is 4.98 Å². The average Bonchev–Trinajstić information content (AvgIpc) is 2.95. The molecule has 3 nitrogen and oxygen atoms in total. The Morgan fingerprint density at radius 1 is 1.40 bits per heavy atom. The van der Waals surface area contributed by atoms with Crippen molar-refractivity contribution >= 4 is 28.8 Å². The monoisotopic (exact) mass is 306 g/mol. The number of halogens is 1. The molecule has 0 atom stereocenters. The van der Waals surface area contributed by atoms with E-state index in [0.717, 1.165) is 5.69 Å². The van der Waals surface area contributed by atoms with Crippen LogP contribution in [0.15, 0.2) is 18.2 Å². The molecule has 3 rings (SSSR count). The van der Waals surface area contributed by atoms with Crippen molar-refractivity contribution in [1.82, 2.24) is 10.3 Å². The van der Waals surface area contributed by atoms with Crippen LogP contribution in [-0.2, 0) is 19.4 Å². The standard InChI is InChI=1S/C15H15ClN2OS/c1-9-5-11(7-14(16)18-9)15(19)17-8-12-6-10-3-2-4-13(10)20-12/h5-7H,2-4,8H2,1H3,(H,17,19). The van der Waals surface area contributed by atoms with E-state index in [2.05, 4.69) is 16.4 Å². The molecule has 0 radical (unpaired) electrons. The van der Waals surface area contributed by atoms with Gasteiger partial charge in [0.1, 0.15) is 5.15 Å². The number of hydrogen-bond acceptors (Lipinski definition) is 3. The van der Waals surface area contributed by atoms with Crippen molar-refractivity contribution in [3.8, 4) is 0 Å². The number of rotatable bonds is 3. The number of carbonyl (C=O) groups is 1. The summed E-state index contributed by atoms with van der Waals surface area (Å²) in [6, 6.07) is 5.56. The summed E-state index contributed by atoms with van der Waals surface area (Å²) < 4.78 is 0. The Hall–Kier alpha value is -1.39. The van der Waals surface area contributed by atoms with Gasteiger partial charge in [0.2, 0.25) is 0 Å². The molecule has 2 aromatic heterocycles. The van der Waals surface area contributed by atoms with Crippen LogP contribution in [0.3, 0.4) is 0 Å². The molecule has 0 unspecified atom stereocenters. The van der Waals surface area contributed by atoms with Crippen LogP contribution in [0.2, 0.25) is 5.15 Å². The van der Waals surface area contributed by atoms with Gasteiger partial charge in [-0.1, -0.05) is 11.6 Å². The van der Waals surface area contributed by atoms with E-state index in [0.29, 0.717) is 17.3 Å². The normalized spacial score (nSPS) is 13.3. The SMILES string of the molecule is Cc1cc(C(=O)NCc2cc3c(s2)CCC3)cc(Cl)n1. The first kappa shape index (κ1) is 13.6. The first-order valence-electron chi connectivity index (χ1n) is 6.64. The number of aryl methyl sites for hydroxylation is 3. The molecule has 0 aliphatic heterocycles. The van der Waals surface area contributed by atoms with E-state index < -0.39 is 0 Å². The Morgan fingerprint density at radius 3 is 3.00 bits per heavy atom. The minimum atomic E-state index is -0.106. The molecule has 0 fully saturated rings. The number of aromatic nitrogens is 1. The Balaban J connectivity index is 1.66. The van der Waals surface area contributed by atoms with E-state index in [1.54, 1.807) is 12.1 Å². The predicted molar refractivity (Wildman–Crippen MR) is 81.5 cm³/mol. The first-order chi connectivity index (χ1) is 9.61. The average molecular weight is 307 g/mol. The third-order valence-corrected chi connectivity index (χ3v) is 4.84. The number of nitrogens with one attached hydrogen (secondary N) is 1. The highest BCUT2D eigenvalue weighted by Gasteiger charge is 2.15. The maximum absolute atomic E-state index is 12.1. The summed E-state index contributed by atoms with van der Waals surface area (Å²) in [5.74, 6) is -0.106. The lowest BCUT2D eigenvalue weighted by molar-refractivity contribution is 0.0951. The highest BCUT2D eigenvalue weighted by atomic mass is 35.5. The number of fused-ring (bicyclic) bond motifs is 1. The maximum Gasteiger partial charge on any atom is 0.251 e. The van der Waals surface area contributed by atoms with Crippen molar-refractivity contribution in [2.24, 2.45) is 0 Å². The van der Waals surface area contributed by atoms with Crippen molar-refractivity contribution in [1.29, 1.82) is 0 Å². The van der Waals surface area contributed by atoms with Crippen molar-refractivity contribution in [3.63, 3.8) is 0 Å². The van der Waals surface area contributed by atoms with E-state index >= 15 is 0 Å². The molecule has 1 amide bonds. The van der Waals surface area contributed by atoms with Gasteiger partial charge in [0, 0.05) is 21.0 Å². The molecular formula is C15H15ClN2OS. The Kier molecular flexibility index (Phi) is 3.76. The fourth-order valence-electron chi connectivity index (χ4n) is 2.51. The molecule has 1 aliphatic carbocycles. The zero-order chi connectivity index (χ0) is 14.1. The number of amides is 1. The number of thiophene rings is 1. The molecule has 0 saturated carbocycles. The third kappa shape index (κ3) is 2.86. The quantitative estimate of drug-likeness (QED) is 0.882. The summed E-state index contributed by atoms with van der Waals surface area (Å²) >= 11 is 7.69. The third-order valence-electron chi connectivity index (χ3n) is 3.41. The Bertz CT molecular complexity index is 624. The molecule has 2 aromatic rings. The van der Waals surface area contributed by atoms with Crippen LogP contribution < -0.4 is 5.32 Å². The highest BCUT2D eigenvalue weighted by Crippen LogP contribution is 2.30. The van der Waals surface area contributed by atoms with E-state index in [4.69, 9.17) is 11.6 Å². The molecule has 0 saturated heterocycles. The lowest BCUT2D eigenvalue weighted by Crippen LogP contribution is -2.22. The topological polar surface area (TPSA) is 42.0 Å². The molecule has 2 heterocycles. The van der Waals surface area contributed by atoms with Crippen LogP contribution in [0.4, 0.5) is 0 Å². The van der Waals surface area contributed by atoms with E-state index in [1.807, 2.05) is 18.3 Å². The summed E-state index contributed by atoms with van der Waals surface area (Å²) in [6.45, 7) is 2.40. The zero-order valence-corrected chi connectivity index (χ0v) is 12.8. The maximum atomic E-state index is 12.1. The van der Waals surface area contributed by atoms with Gasteiger partial charge >= 0.3 is 0 Å². The van der Waals surface area contributed by atoms with Gasteiger partial charge in [-0.2, -0.15) is 0 Å². The molecular weight excluding hydrogens is 292 g/mol. The number of hydrogen-bond donors (Lipinski definition) is 1. The number of pyridine rings is 1. The van der Waals surface area contributed by atoms with E-state index in [1.165, 1.54) is 34.6 Å². The molecule has 1 aliphatic rings. The van der Waals surface area contributed by atoms with Crippen LogP contribution >= 0.6 is 22.9 Å². The van der Waals surface area contributed by atoms with E-state index in [9.17, 15) is 4.79 Å². The van der Waals surface area contributed by atoms with Crippen LogP contribution in [-0.4, -0.2) is 10.9 Å². The van der Waals surface area contributed by atoms with Gasteiger partial charge in [0.15, 0.2) is 0 Å². The minimum Gasteiger partial charge on any atom is -0.347 e. The summed E-state index contributed by atoms with van der Waals surface area (Å²) in [6.07, 6.45) is 3.63. The molecule has 5 heteroatoms. The second-order valence-corrected chi connectivity index (χ2v) is 6.63. The van der Waals surface area contributed by atoms with Crippen molar-refractivity contribution in [3.05, 3.63) is 49.9 Å². The molecule has 0 aromatic carbocycles. The van der Waals surface area contributed by atoms with Gasteiger partial charge in [-0.3, -0.25) is 4.79 Å². The van der Waals surface area contributed by atoms with Crippen LogP contribution in [0, 0.1) is 6.92 Å². The summed E-state index contributed by atoms with van der Waals surface area (Å²) in [7, 11) is 0. The molecule has 20 heavy (non-hydrogen) atoms. The predicted octanol–water partition coefficient (Wildman–Crippen LogP) is 3.52. The minimum absolute atomic E-state index is 0.106. The summed E-state index contributed by atoms with van der Waals surface area (Å²) in [4.78, 5) is 18.9. The molecule has 0 bridgehead atoms. The first-order valence-corrected chi connectivity index (χ1v) is 7.84. The Labute approximate surface area is 127 Å². The van der Waals surface area contributed by atoms with Crippen molar-refractivity contribution in [2.75, 3.05) is 0 Å². The number of nitrogens with zero attached hydrogens (tertiary/aromatic N) is 1. The van der Waals surface area contributed by atoms with Gasteiger partial charge in [0.25, 0.3) is 5.91 Å². The van der Waals surface area contributed by atoms with Crippen LogP contribution in [0.25, 0.3) is 0 Å². The second kappa shape index (κ2) is 5.54. The number of carbonyl (C=O) groups excluding carboxylic acids is 1. The lowest BCUT2D eigenvalue weighted by Gasteiger charge is -2.05. The van der Waals surface area contributed by atoms with Gasteiger partial charge in [0.05, 0.1) is 6.54 Å². The molecule has 1 N–H and O–H groups in total. The second-order valence-electron chi connectivity index (χ2n) is 5.02. The van der Waals surface area contributed by atoms with Gasteiger partial charge in [-0.05, 0) is 49.9 Å². The zero-order valence-electron chi connectivity index (χ0n) is 11.2. The van der Waals surface area contributed by atoms with Crippen LogP contribution in [0.1, 0.15) is 37.8 Å².